The van der Waals surface area contributed by atoms with Crippen LogP contribution in [0.1, 0.15) is 11.1 Å². The van der Waals surface area contributed by atoms with E-state index in [-0.39, 0.29) is 6.54 Å². The van der Waals surface area contributed by atoms with E-state index in [2.05, 4.69) is 31.5 Å². The minimum atomic E-state index is -0.690. The lowest BCUT2D eigenvalue weighted by Gasteiger charge is -2.13. The standard InChI is InChI=1S/C21H19BrN4O3/c1-12-8-14(6-7-16(12)22)24-19(27)11-26-20(28)18(25-21(26)29)9-13-10-23-17-5-3-2-4-15(13)17/h2-8,10,18,23H,9,11H2,1H3,(H,24,27)(H,25,29). The van der Waals surface area contributed by atoms with Gasteiger partial charge in [-0.05, 0) is 42.3 Å². The molecule has 0 spiro atoms. The molecule has 0 saturated carbocycles. The largest absolute Gasteiger partial charge is 0.361 e. The molecule has 7 nitrogen and oxygen atoms in total. The fraction of sp³-hybridized carbons (Fsp3) is 0.190. The second kappa shape index (κ2) is 7.71. The van der Waals surface area contributed by atoms with E-state index < -0.39 is 23.9 Å². The number of carbonyl (C=O) groups is 3. The number of imide groups is 1. The van der Waals surface area contributed by atoms with E-state index in [1.165, 1.54) is 0 Å². The predicted octanol–water partition coefficient (Wildman–Crippen LogP) is 3.34. The van der Waals surface area contributed by atoms with Crippen LogP contribution in [-0.4, -0.2) is 40.3 Å². The van der Waals surface area contributed by atoms with Crippen molar-refractivity contribution in [2.45, 2.75) is 19.4 Å². The number of hydrogen-bond acceptors (Lipinski definition) is 3. The molecule has 29 heavy (non-hydrogen) atoms. The molecule has 2 aromatic carbocycles. The lowest BCUT2D eigenvalue weighted by Crippen LogP contribution is -2.38. The molecular weight excluding hydrogens is 436 g/mol. The second-order valence-electron chi connectivity index (χ2n) is 7.00. The van der Waals surface area contributed by atoms with Gasteiger partial charge in [-0.3, -0.25) is 14.5 Å². The maximum atomic E-state index is 12.7. The van der Waals surface area contributed by atoms with E-state index in [4.69, 9.17) is 0 Å². The van der Waals surface area contributed by atoms with Crippen LogP contribution < -0.4 is 10.6 Å². The van der Waals surface area contributed by atoms with Crippen molar-refractivity contribution < 1.29 is 14.4 Å². The Morgan fingerprint density at radius 3 is 2.79 bits per heavy atom. The summed E-state index contributed by atoms with van der Waals surface area (Å²) >= 11 is 3.41. The van der Waals surface area contributed by atoms with Crippen LogP contribution in [0.2, 0.25) is 0 Å². The Bertz CT molecular complexity index is 1120. The molecule has 1 unspecified atom stereocenters. The maximum Gasteiger partial charge on any atom is 0.325 e. The van der Waals surface area contributed by atoms with Crippen LogP contribution in [0.15, 0.2) is 53.1 Å². The number of fused-ring (bicyclic) bond motifs is 1. The van der Waals surface area contributed by atoms with Gasteiger partial charge in [-0.1, -0.05) is 34.1 Å². The van der Waals surface area contributed by atoms with E-state index in [1.807, 2.05) is 49.5 Å². The Balaban J connectivity index is 1.42. The van der Waals surface area contributed by atoms with Crippen LogP contribution in [0.5, 0.6) is 0 Å². The van der Waals surface area contributed by atoms with Gasteiger partial charge in [0.2, 0.25) is 5.91 Å². The molecule has 1 aromatic heterocycles. The number of H-pyrrole nitrogens is 1. The molecule has 4 rings (SSSR count). The number of amides is 4. The van der Waals surface area contributed by atoms with Crippen LogP contribution in [0.3, 0.4) is 0 Å². The number of aryl methyl sites for hydroxylation is 1. The van der Waals surface area contributed by atoms with Gasteiger partial charge in [-0.15, -0.1) is 0 Å². The van der Waals surface area contributed by atoms with Gasteiger partial charge < -0.3 is 15.6 Å². The molecule has 3 N–H and O–H groups in total. The van der Waals surface area contributed by atoms with Gasteiger partial charge in [-0.2, -0.15) is 0 Å². The number of rotatable bonds is 5. The highest BCUT2D eigenvalue weighted by Crippen LogP contribution is 2.22. The first-order chi connectivity index (χ1) is 13.9. The molecule has 8 heteroatoms. The quantitative estimate of drug-likeness (QED) is 0.516. The van der Waals surface area contributed by atoms with Crippen molar-refractivity contribution in [2.75, 3.05) is 11.9 Å². The molecule has 0 aliphatic carbocycles. The van der Waals surface area contributed by atoms with Crippen LogP contribution in [0, 0.1) is 6.92 Å². The zero-order chi connectivity index (χ0) is 20.5. The van der Waals surface area contributed by atoms with E-state index in [0.717, 1.165) is 31.4 Å². The molecule has 3 aromatic rings. The van der Waals surface area contributed by atoms with Crippen molar-refractivity contribution in [3.8, 4) is 0 Å². The van der Waals surface area contributed by atoms with Gasteiger partial charge in [0, 0.05) is 33.7 Å². The van der Waals surface area contributed by atoms with Gasteiger partial charge in [0.05, 0.1) is 0 Å². The van der Waals surface area contributed by atoms with Crippen molar-refractivity contribution in [2.24, 2.45) is 0 Å². The minimum Gasteiger partial charge on any atom is -0.361 e. The van der Waals surface area contributed by atoms with Crippen LogP contribution >= 0.6 is 15.9 Å². The van der Waals surface area contributed by atoms with E-state index in [1.54, 1.807) is 6.07 Å². The van der Waals surface area contributed by atoms with Crippen molar-refractivity contribution >= 4 is 50.4 Å². The average molecular weight is 455 g/mol. The third-order valence-electron chi connectivity index (χ3n) is 4.95. The highest BCUT2D eigenvalue weighted by Gasteiger charge is 2.39. The number of hydrogen-bond donors (Lipinski definition) is 3. The smallest absolute Gasteiger partial charge is 0.325 e. The Kier molecular flexibility index (Phi) is 5.10. The number of aromatic nitrogens is 1. The third-order valence-corrected chi connectivity index (χ3v) is 5.84. The number of anilines is 1. The van der Waals surface area contributed by atoms with Gasteiger partial charge >= 0.3 is 6.03 Å². The number of halogens is 1. The molecule has 4 amide bonds. The van der Waals surface area contributed by atoms with Crippen molar-refractivity contribution in [1.29, 1.82) is 0 Å². The molecule has 2 heterocycles. The fourth-order valence-corrected chi connectivity index (χ4v) is 3.70. The highest BCUT2D eigenvalue weighted by molar-refractivity contribution is 9.10. The lowest BCUT2D eigenvalue weighted by atomic mass is 10.1. The van der Waals surface area contributed by atoms with Crippen molar-refractivity contribution in [3.63, 3.8) is 0 Å². The van der Waals surface area contributed by atoms with Gasteiger partial charge in [0.25, 0.3) is 5.91 Å². The average Bonchev–Trinajstić information content (AvgIpc) is 3.21. The first-order valence-electron chi connectivity index (χ1n) is 9.15. The Labute approximate surface area is 175 Å². The summed E-state index contributed by atoms with van der Waals surface area (Å²) in [5.41, 5.74) is 3.49. The van der Waals surface area contributed by atoms with Crippen LogP contribution in [0.25, 0.3) is 10.9 Å². The first kappa shape index (κ1) is 19.2. The van der Waals surface area contributed by atoms with E-state index >= 15 is 0 Å². The normalized spacial score (nSPS) is 16.3. The van der Waals surface area contributed by atoms with E-state index in [9.17, 15) is 14.4 Å². The Morgan fingerprint density at radius 2 is 2.00 bits per heavy atom. The summed E-state index contributed by atoms with van der Waals surface area (Å²) in [6.45, 7) is 1.58. The summed E-state index contributed by atoms with van der Waals surface area (Å²) < 4.78 is 0.935. The monoisotopic (exact) mass is 454 g/mol. The summed E-state index contributed by atoms with van der Waals surface area (Å²) in [6.07, 6.45) is 2.20. The topological polar surface area (TPSA) is 94.3 Å². The number of carbonyl (C=O) groups excluding carboxylic acids is 3. The van der Waals surface area contributed by atoms with Crippen molar-refractivity contribution in [1.82, 2.24) is 15.2 Å². The number of aromatic amines is 1. The number of para-hydroxylation sites is 1. The summed E-state index contributed by atoms with van der Waals surface area (Å²) in [7, 11) is 0. The predicted molar refractivity (Wildman–Crippen MR) is 114 cm³/mol. The first-order valence-corrected chi connectivity index (χ1v) is 9.94. The zero-order valence-electron chi connectivity index (χ0n) is 15.7. The Morgan fingerprint density at radius 1 is 1.21 bits per heavy atom. The zero-order valence-corrected chi connectivity index (χ0v) is 17.2. The molecule has 148 valence electrons. The number of urea groups is 1. The third kappa shape index (κ3) is 3.88. The van der Waals surface area contributed by atoms with Crippen LogP contribution in [0.4, 0.5) is 10.5 Å². The molecule has 1 fully saturated rings. The molecule has 1 aliphatic heterocycles. The summed E-state index contributed by atoms with van der Waals surface area (Å²) in [5, 5.41) is 6.41. The summed E-state index contributed by atoms with van der Waals surface area (Å²) in [4.78, 5) is 41.5. The van der Waals surface area contributed by atoms with E-state index in [0.29, 0.717) is 12.1 Å². The molecule has 0 bridgehead atoms. The fourth-order valence-electron chi connectivity index (χ4n) is 3.45. The second-order valence-corrected chi connectivity index (χ2v) is 7.86. The number of nitrogens with one attached hydrogen (secondary N) is 3. The Hall–Kier alpha value is -3.13. The lowest BCUT2D eigenvalue weighted by molar-refractivity contribution is -0.130. The van der Waals surface area contributed by atoms with Gasteiger partial charge in [-0.25, -0.2) is 4.79 Å². The SMILES string of the molecule is Cc1cc(NC(=O)CN2C(=O)NC(Cc3c[nH]c4ccccc34)C2=O)ccc1Br. The van der Waals surface area contributed by atoms with Gasteiger partial charge in [0.15, 0.2) is 0 Å². The number of nitrogens with zero attached hydrogens (tertiary/aromatic N) is 1. The molecule has 1 saturated heterocycles. The molecule has 1 atom stereocenters. The summed E-state index contributed by atoms with van der Waals surface area (Å²) in [5.74, 6) is -0.828. The summed E-state index contributed by atoms with van der Waals surface area (Å²) in [6, 6.07) is 11.9. The number of benzene rings is 2. The molecular formula is C21H19BrN4O3. The highest BCUT2D eigenvalue weighted by atomic mass is 79.9. The van der Waals surface area contributed by atoms with Gasteiger partial charge in [0.1, 0.15) is 12.6 Å². The molecule has 1 aliphatic rings. The maximum absolute atomic E-state index is 12.7. The molecule has 0 radical (unpaired) electrons. The van der Waals surface area contributed by atoms with Crippen molar-refractivity contribution in [3.05, 3.63) is 64.3 Å². The minimum absolute atomic E-state index is 0.329. The van der Waals surface area contributed by atoms with Crippen LogP contribution in [-0.2, 0) is 16.0 Å².